The normalized spacial score (nSPS) is 9.92. The van der Waals surface area contributed by atoms with Gasteiger partial charge in [-0.25, -0.2) is 0 Å². The summed E-state index contributed by atoms with van der Waals surface area (Å²) in [6.45, 7) is 2.05. The second kappa shape index (κ2) is 7.40. The third kappa shape index (κ3) is 7.12. The van der Waals surface area contributed by atoms with Crippen molar-refractivity contribution < 1.29 is 19.0 Å². The first-order chi connectivity index (χ1) is 6.20. The van der Waals surface area contributed by atoms with Crippen LogP contribution in [0.4, 0.5) is 0 Å². The van der Waals surface area contributed by atoms with Gasteiger partial charge in [0.1, 0.15) is 6.61 Å². The molecule has 4 nitrogen and oxygen atoms in total. The molecule has 0 aliphatic heterocycles. The molecule has 0 aromatic heterocycles. The van der Waals surface area contributed by atoms with Gasteiger partial charge in [0.05, 0.1) is 12.8 Å². The minimum atomic E-state index is -0.622. The maximum atomic E-state index is 10.8. The van der Waals surface area contributed by atoms with Crippen molar-refractivity contribution in [3.8, 4) is 0 Å². The van der Waals surface area contributed by atoms with Crippen LogP contribution in [0, 0.1) is 0 Å². The van der Waals surface area contributed by atoms with Gasteiger partial charge in [-0.2, -0.15) is 0 Å². The van der Waals surface area contributed by atoms with Crippen LogP contribution in [0.3, 0.4) is 0 Å². The van der Waals surface area contributed by atoms with Crippen LogP contribution in [0.1, 0.15) is 19.8 Å². The number of carbonyl (C=O) groups excluding carboxylic acids is 2. The molecule has 0 amide bonds. The van der Waals surface area contributed by atoms with Crippen molar-refractivity contribution >= 4 is 20.0 Å². The van der Waals surface area contributed by atoms with E-state index in [1.54, 1.807) is 12.2 Å². The number of allylic oxidation sites excluding steroid dienone is 1. The molecule has 0 aromatic carbocycles. The van der Waals surface area contributed by atoms with Crippen LogP contribution in [0.2, 0.25) is 0 Å². The highest BCUT2D eigenvalue weighted by atomic mass is 16.5. The Morgan fingerprint density at radius 2 is 1.92 bits per heavy atom. The Bertz CT molecular complexity index is 200. The van der Waals surface area contributed by atoms with Crippen LogP contribution in [0.15, 0.2) is 12.2 Å². The summed E-state index contributed by atoms with van der Waals surface area (Å²) in [4.78, 5) is 21.3. The Balaban J connectivity index is 3.46. The van der Waals surface area contributed by atoms with E-state index in [1.165, 1.54) is 0 Å². The lowest BCUT2D eigenvalue weighted by atomic mass is 10.3. The molecule has 0 N–H and O–H groups in total. The molecule has 0 atom stereocenters. The fourth-order valence-electron chi connectivity index (χ4n) is 0.573. The summed E-state index contributed by atoms with van der Waals surface area (Å²) in [5, 5.41) is 0. The van der Waals surface area contributed by atoms with E-state index in [9.17, 15) is 9.59 Å². The van der Waals surface area contributed by atoms with Crippen LogP contribution in [-0.2, 0) is 19.0 Å². The quantitative estimate of drug-likeness (QED) is 0.353. The first-order valence-electron chi connectivity index (χ1n) is 3.87. The van der Waals surface area contributed by atoms with Crippen molar-refractivity contribution in [2.45, 2.75) is 19.8 Å². The van der Waals surface area contributed by atoms with Crippen LogP contribution >= 0.6 is 0 Å². The van der Waals surface area contributed by atoms with Gasteiger partial charge in [-0.3, -0.25) is 9.59 Å². The molecule has 0 rings (SSSR count). The molecule has 0 heterocycles. The van der Waals surface area contributed by atoms with E-state index < -0.39 is 11.9 Å². The van der Waals surface area contributed by atoms with Gasteiger partial charge < -0.3 is 9.39 Å². The number of ether oxygens (including phenoxy) is 1. The van der Waals surface area contributed by atoms with E-state index in [0.29, 0.717) is 0 Å². The summed E-state index contributed by atoms with van der Waals surface area (Å²) in [6.07, 6.45) is 3.40. The molecular formula is C8H11BO4. The molecule has 5 heteroatoms. The molecule has 13 heavy (non-hydrogen) atoms. The lowest BCUT2D eigenvalue weighted by Crippen LogP contribution is -2.09. The molecule has 0 aromatic rings. The fourth-order valence-corrected chi connectivity index (χ4v) is 0.573. The van der Waals surface area contributed by atoms with E-state index in [4.69, 9.17) is 4.74 Å². The van der Waals surface area contributed by atoms with Gasteiger partial charge in [0.25, 0.3) is 5.97 Å². The van der Waals surface area contributed by atoms with Crippen molar-refractivity contribution in [3.05, 3.63) is 12.2 Å². The molecule has 0 saturated heterocycles. The van der Waals surface area contributed by atoms with Gasteiger partial charge in [0, 0.05) is 0 Å². The van der Waals surface area contributed by atoms with Crippen LogP contribution in [0.25, 0.3) is 0 Å². The highest BCUT2D eigenvalue weighted by Crippen LogP contribution is 1.94. The van der Waals surface area contributed by atoms with Crippen LogP contribution in [0.5, 0.6) is 0 Å². The summed E-state index contributed by atoms with van der Waals surface area (Å²) in [5.74, 6) is -1.06. The molecular weight excluding hydrogens is 171 g/mol. The van der Waals surface area contributed by atoms with Crippen LogP contribution < -0.4 is 0 Å². The molecule has 0 spiro atoms. The van der Waals surface area contributed by atoms with Crippen LogP contribution in [-0.4, -0.2) is 26.6 Å². The monoisotopic (exact) mass is 182 g/mol. The number of rotatable bonds is 5. The number of esters is 1. The Morgan fingerprint density at radius 1 is 1.31 bits per heavy atom. The van der Waals surface area contributed by atoms with E-state index in [2.05, 4.69) is 12.7 Å². The van der Waals surface area contributed by atoms with Gasteiger partial charge in [-0.15, -0.1) is 0 Å². The van der Waals surface area contributed by atoms with Gasteiger partial charge in [0.15, 0.2) is 0 Å². The SMILES string of the molecule is [B]OC(=O)CCC(=O)OCC=CC. The molecule has 0 unspecified atom stereocenters. The Morgan fingerprint density at radius 3 is 2.46 bits per heavy atom. The molecule has 0 fully saturated rings. The van der Waals surface area contributed by atoms with E-state index in [-0.39, 0.29) is 19.4 Å². The van der Waals surface area contributed by atoms with Crippen molar-refractivity contribution in [1.82, 2.24) is 0 Å². The minimum absolute atomic E-state index is 0.00636. The number of carbonyl (C=O) groups is 2. The van der Waals surface area contributed by atoms with Crippen molar-refractivity contribution in [1.29, 1.82) is 0 Å². The Hall–Kier alpha value is -1.26. The average molecular weight is 182 g/mol. The molecule has 0 saturated carbocycles. The Kier molecular flexibility index (Phi) is 6.68. The van der Waals surface area contributed by atoms with Gasteiger partial charge in [-0.1, -0.05) is 12.2 Å². The number of hydrogen-bond acceptors (Lipinski definition) is 4. The highest BCUT2D eigenvalue weighted by Gasteiger charge is 2.06. The molecule has 0 bridgehead atoms. The first-order valence-corrected chi connectivity index (χ1v) is 3.87. The van der Waals surface area contributed by atoms with Gasteiger partial charge >= 0.3 is 14.0 Å². The van der Waals surface area contributed by atoms with Gasteiger partial charge in [0.2, 0.25) is 0 Å². The van der Waals surface area contributed by atoms with Crippen molar-refractivity contribution in [3.63, 3.8) is 0 Å². The topological polar surface area (TPSA) is 52.6 Å². The van der Waals surface area contributed by atoms with E-state index in [0.717, 1.165) is 0 Å². The zero-order valence-corrected chi connectivity index (χ0v) is 7.49. The predicted molar refractivity (Wildman–Crippen MR) is 46.9 cm³/mol. The molecule has 2 radical (unpaired) electrons. The summed E-state index contributed by atoms with van der Waals surface area (Å²) < 4.78 is 8.57. The lowest BCUT2D eigenvalue weighted by molar-refractivity contribution is -0.145. The largest absolute Gasteiger partial charge is 0.543 e. The molecule has 0 aliphatic carbocycles. The zero-order chi connectivity index (χ0) is 10.1. The summed E-state index contributed by atoms with van der Waals surface area (Å²) in [7, 11) is 4.57. The highest BCUT2D eigenvalue weighted by molar-refractivity contribution is 6.05. The first kappa shape index (κ1) is 11.7. The maximum absolute atomic E-state index is 10.8. The van der Waals surface area contributed by atoms with Gasteiger partial charge in [-0.05, 0) is 6.92 Å². The smallest absolute Gasteiger partial charge is 0.378 e. The minimum Gasteiger partial charge on any atom is -0.543 e. The maximum Gasteiger partial charge on any atom is 0.378 e. The second-order valence-corrected chi connectivity index (χ2v) is 2.24. The third-order valence-electron chi connectivity index (χ3n) is 1.24. The fraction of sp³-hybridized carbons (Fsp3) is 0.500. The average Bonchev–Trinajstić information content (AvgIpc) is 2.14. The molecule has 0 aliphatic rings. The standard InChI is InChI=1S/C8H11BO4/c1-2-3-6-12-7(10)4-5-8(11)13-9/h2-3H,4-6H2,1H3. The second-order valence-electron chi connectivity index (χ2n) is 2.24. The number of hydrogen-bond donors (Lipinski definition) is 0. The zero-order valence-electron chi connectivity index (χ0n) is 7.49. The molecule has 70 valence electrons. The van der Waals surface area contributed by atoms with E-state index in [1.807, 2.05) is 6.92 Å². The van der Waals surface area contributed by atoms with E-state index >= 15 is 0 Å². The third-order valence-corrected chi connectivity index (χ3v) is 1.24. The Labute approximate surface area is 78.3 Å². The predicted octanol–water partition coefficient (Wildman–Crippen LogP) is 0.513. The van der Waals surface area contributed by atoms with Crippen molar-refractivity contribution in [2.24, 2.45) is 0 Å². The summed E-state index contributed by atoms with van der Waals surface area (Å²) >= 11 is 0. The summed E-state index contributed by atoms with van der Waals surface area (Å²) in [5.41, 5.74) is 0. The lowest BCUT2D eigenvalue weighted by Gasteiger charge is -2.00. The van der Waals surface area contributed by atoms with Crippen molar-refractivity contribution in [2.75, 3.05) is 6.61 Å². The summed E-state index contributed by atoms with van der Waals surface area (Å²) in [6, 6.07) is 0.